The molecule has 2 heteroatoms. The fourth-order valence-corrected chi connectivity index (χ4v) is 4.04. The van der Waals surface area contributed by atoms with E-state index in [4.69, 9.17) is 5.73 Å². The summed E-state index contributed by atoms with van der Waals surface area (Å²) in [5, 5.41) is 0. The van der Waals surface area contributed by atoms with Gasteiger partial charge < -0.3 is 10.6 Å². The van der Waals surface area contributed by atoms with E-state index in [0.29, 0.717) is 0 Å². The van der Waals surface area contributed by atoms with Gasteiger partial charge in [-0.15, -0.1) is 0 Å². The third-order valence-electron chi connectivity index (χ3n) is 5.21. The Bertz CT molecular complexity index is 215. The van der Waals surface area contributed by atoms with E-state index in [1.807, 2.05) is 0 Å². The van der Waals surface area contributed by atoms with Crippen molar-refractivity contribution in [2.24, 2.45) is 11.7 Å². The minimum atomic E-state index is 0.855. The summed E-state index contributed by atoms with van der Waals surface area (Å²) in [5.74, 6) is 0.981. The molecule has 2 saturated carbocycles. The maximum Gasteiger partial charge on any atom is 0.00953 e. The Kier molecular flexibility index (Phi) is 7.23. The molecule has 2 aliphatic rings. The lowest BCUT2D eigenvalue weighted by molar-refractivity contribution is 0.135. The van der Waals surface area contributed by atoms with Crippen LogP contribution >= 0.6 is 0 Å². The highest BCUT2D eigenvalue weighted by molar-refractivity contribution is 4.78. The van der Waals surface area contributed by atoms with Crippen molar-refractivity contribution in [1.29, 1.82) is 0 Å². The molecule has 0 radical (unpaired) electrons. The lowest BCUT2D eigenvalue weighted by Crippen LogP contribution is -2.40. The van der Waals surface area contributed by atoms with Gasteiger partial charge in [-0.25, -0.2) is 0 Å². The molecular formula is C17H34N2. The van der Waals surface area contributed by atoms with Gasteiger partial charge in [0.15, 0.2) is 0 Å². The van der Waals surface area contributed by atoms with Gasteiger partial charge in [0.1, 0.15) is 0 Å². The van der Waals surface area contributed by atoms with Crippen molar-refractivity contribution >= 4 is 0 Å². The molecule has 2 nitrogen and oxygen atoms in total. The second-order valence-corrected chi connectivity index (χ2v) is 6.79. The standard InChI is InChI=1S/C17H34N2/c18-13-8-14-19(15-16-9-4-3-5-10-16)17-11-6-1-2-7-12-17/h16-17H,1-15,18H2. The summed E-state index contributed by atoms with van der Waals surface area (Å²) in [7, 11) is 0. The molecule has 2 fully saturated rings. The summed E-state index contributed by atoms with van der Waals surface area (Å²) < 4.78 is 0. The van der Waals surface area contributed by atoms with Gasteiger partial charge in [-0.2, -0.15) is 0 Å². The second kappa shape index (κ2) is 8.97. The average molecular weight is 266 g/mol. The van der Waals surface area contributed by atoms with Gasteiger partial charge in [0.25, 0.3) is 0 Å². The zero-order chi connectivity index (χ0) is 13.3. The van der Waals surface area contributed by atoms with E-state index in [1.54, 1.807) is 0 Å². The zero-order valence-corrected chi connectivity index (χ0v) is 12.8. The topological polar surface area (TPSA) is 29.3 Å². The third kappa shape index (κ3) is 5.43. The highest BCUT2D eigenvalue weighted by Gasteiger charge is 2.23. The molecule has 0 saturated heterocycles. The monoisotopic (exact) mass is 266 g/mol. The van der Waals surface area contributed by atoms with Gasteiger partial charge in [-0.05, 0) is 51.1 Å². The molecule has 0 heterocycles. The van der Waals surface area contributed by atoms with E-state index in [1.165, 1.54) is 90.1 Å². The molecule has 0 aromatic heterocycles. The first-order chi connectivity index (χ1) is 9.40. The molecule has 19 heavy (non-hydrogen) atoms. The lowest BCUT2D eigenvalue weighted by atomic mass is 9.88. The van der Waals surface area contributed by atoms with Gasteiger partial charge in [0, 0.05) is 12.6 Å². The molecule has 2 aliphatic carbocycles. The highest BCUT2D eigenvalue weighted by atomic mass is 15.2. The number of rotatable bonds is 6. The van der Waals surface area contributed by atoms with Crippen LogP contribution in [0.3, 0.4) is 0 Å². The lowest BCUT2D eigenvalue weighted by Gasteiger charge is -2.35. The largest absolute Gasteiger partial charge is 0.330 e. The molecule has 0 amide bonds. The molecule has 0 spiro atoms. The molecule has 0 atom stereocenters. The van der Waals surface area contributed by atoms with E-state index >= 15 is 0 Å². The summed E-state index contributed by atoms with van der Waals surface area (Å²) in [5.41, 5.74) is 5.74. The summed E-state index contributed by atoms with van der Waals surface area (Å²) in [6.45, 7) is 3.47. The van der Waals surface area contributed by atoms with Crippen LogP contribution in [0.25, 0.3) is 0 Å². The van der Waals surface area contributed by atoms with Gasteiger partial charge in [0.05, 0.1) is 0 Å². The van der Waals surface area contributed by atoms with Gasteiger partial charge >= 0.3 is 0 Å². The number of hydrogen-bond donors (Lipinski definition) is 1. The molecule has 0 unspecified atom stereocenters. The Morgan fingerprint density at radius 2 is 1.37 bits per heavy atom. The van der Waals surface area contributed by atoms with E-state index in [-0.39, 0.29) is 0 Å². The maximum absolute atomic E-state index is 5.74. The fraction of sp³-hybridized carbons (Fsp3) is 1.00. The van der Waals surface area contributed by atoms with Crippen LogP contribution in [0, 0.1) is 5.92 Å². The molecule has 0 aromatic rings. The molecule has 0 bridgehead atoms. The maximum atomic E-state index is 5.74. The van der Waals surface area contributed by atoms with Crippen LogP contribution in [0.15, 0.2) is 0 Å². The summed E-state index contributed by atoms with van der Waals surface area (Å²) >= 11 is 0. The SMILES string of the molecule is NCCCN(CC1CCCCC1)C1CCCCCC1. The normalized spacial score (nSPS) is 23.7. The fourth-order valence-electron chi connectivity index (χ4n) is 4.04. The number of nitrogens with zero attached hydrogens (tertiary/aromatic N) is 1. The Balaban J connectivity index is 1.85. The second-order valence-electron chi connectivity index (χ2n) is 6.79. The van der Waals surface area contributed by atoms with Gasteiger partial charge in [0.2, 0.25) is 0 Å². The van der Waals surface area contributed by atoms with E-state index in [9.17, 15) is 0 Å². The predicted octanol–water partition coefficient (Wildman–Crippen LogP) is 3.94. The van der Waals surface area contributed by atoms with Crippen molar-refractivity contribution in [2.45, 2.75) is 83.1 Å². The summed E-state index contributed by atoms with van der Waals surface area (Å²) in [4.78, 5) is 2.83. The van der Waals surface area contributed by atoms with Crippen LogP contribution < -0.4 is 5.73 Å². The third-order valence-corrected chi connectivity index (χ3v) is 5.21. The van der Waals surface area contributed by atoms with Crippen molar-refractivity contribution in [3.8, 4) is 0 Å². The van der Waals surface area contributed by atoms with E-state index in [2.05, 4.69) is 4.90 Å². The summed E-state index contributed by atoms with van der Waals surface area (Å²) in [6, 6.07) is 0.871. The Hall–Kier alpha value is -0.0800. The van der Waals surface area contributed by atoms with E-state index in [0.717, 1.165) is 18.5 Å². The van der Waals surface area contributed by atoms with Crippen LogP contribution in [0.4, 0.5) is 0 Å². The van der Waals surface area contributed by atoms with Crippen LogP contribution in [0.1, 0.15) is 77.0 Å². The van der Waals surface area contributed by atoms with Crippen molar-refractivity contribution < 1.29 is 0 Å². The Morgan fingerprint density at radius 3 is 2.00 bits per heavy atom. The van der Waals surface area contributed by atoms with Crippen LogP contribution in [0.2, 0.25) is 0 Å². The van der Waals surface area contributed by atoms with Gasteiger partial charge in [-0.1, -0.05) is 44.9 Å². The van der Waals surface area contributed by atoms with Crippen molar-refractivity contribution in [2.75, 3.05) is 19.6 Å². The first kappa shape index (κ1) is 15.3. The van der Waals surface area contributed by atoms with Crippen molar-refractivity contribution in [1.82, 2.24) is 4.90 Å². The molecule has 2 N–H and O–H groups in total. The first-order valence-electron chi connectivity index (χ1n) is 8.84. The van der Waals surface area contributed by atoms with Crippen LogP contribution in [0.5, 0.6) is 0 Å². The van der Waals surface area contributed by atoms with Crippen LogP contribution in [-0.4, -0.2) is 30.6 Å². The van der Waals surface area contributed by atoms with Crippen molar-refractivity contribution in [3.05, 3.63) is 0 Å². The highest BCUT2D eigenvalue weighted by Crippen LogP contribution is 2.28. The molecule has 2 rings (SSSR count). The minimum absolute atomic E-state index is 0.855. The smallest absolute Gasteiger partial charge is 0.00953 e. The molecule has 112 valence electrons. The van der Waals surface area contributed by atoms with Crippen LogP contribution in [-0.2, 0) is 0 Å². The zero-order valence-electron chi connectivity index (χ0n) is 12.8. The molecular weight excluding hydrogens is 232 g/mol. The Morgan fingerprint density at radius 1 is 0.789 bits per heavy atom. The number of hydrogen-bond acceptors (Lipinski definition) is 2. The predicted molar refractivity (Wildman–Crippen MR) is 83.3 cm³/mol. The quantitative estimate of drug-likeness (QED) is 0.738. The number of nitrogens with two attached hydrogens (primary N) is 1. The van der Waals surface area contributed by atoms with Gasteiger partial charge in [-0.3, -0.25) is 0 Å². The Labute approximate surface area is 120 Å². The molecule has 0 aromatic carbocycles. The summed E-state index contributed by atoms with van der Waals surface area (Å²) in [6.07, 6.45) is 17.3. The minimum Gasteiger partial charge on any atom is -0.330 e. The van der Waals surface area contributed by atoms with Crippen molar-refractivity contribution in [3.63, 3.8) is 0 Å². The molecule has 0 aliphatic heterocycles. The first-order valence-corrected chi connectivity index (χ1v) is 8.84. The van der Waals surface area contributed by atoms with E-state index < -0.39 is 0 Å². The average Bonchev–Trinajstić information content (AvgIpc) is 2.73.